The maximum absolute atomic E-state index is 13.1. The molecule has 0 bridgehead atoms. The van der Waals surface area contributed by atoms with Crippen LogP contribution in [0.25, 0.3) is 0 Å². The van der Waals surface area contributed by atoms with E-state index in [0.29, 0.717) is 4.90 Å². The molecule has 0 unspecified atom stereocenters. The molecule has 0 N–H and O–H groups in total. The third-order valence-corrected chi connectivity index (χ3v) is 14.6. The van der Waals surface area contributed by atoms with E-state index in [1.807, 2.05) is 6.07 Å². The molecule has 0 atom stereocenters. The van der Waals surface area contributed by atoms with Gasteiger partial charge in [0.05, 0.1) is 0 Å². The molecular formula is C20H37O3PS. The molecule has 1 rings (SSSR count). The Balaban J connectivity index is 3.35. The summed E-state index contributed by atoms with van der Waals surface area (Å²) in [6.07, 6.45) is 10.0. The van der Waals surface area contributed by atoms with Crippen molar-refractivity contribution in [3.8, 4) is 0 Å². The van der Waals surface area contributed by atoms with Crippen LogP contribution in [0.4, 0.5) is 0 Å². The summed E-state index contributed by atoms with van der Waals surface area (Å²) in [6.45, 7) is 5.89. The summed E-state index contributed by atoms with van der Waals surface area (Å²) in [6, 6.07) is 8.67. The molecule has 0 aliphatic carbocycles. The number of benzene rings is 1. The molecule has 1 aromatic rings. The molecule has 0 saturated carbocycles. The predicted molar refractivity (Wildman–Crippen MR) is 111 cm³/mol. The van der Waals surface area contributed by atoms with Crippen LogP contribution in [-0.2, 0) is 14.1 Å². The molecule has 3 nitrogen and oxygen atoms in total. The van der Waals surface area contributed by atoms with Crippen molar-refractivity contribution in [2.24, 2.45) is 0 Å². The summed E-state index contributed by atoms with van der Waals surface area (Å²) in [7, 11) is -3.72. The van der Waals surface area contributed by atoms with Gasteiger partial charge in [-0.1, -0.05) is 0 Å². The van der Waals surface area contributed by atoms with Gasteiger partial charge >= 0.3 is 155 Å². The van der Waals surface area contributed by atoms with Crippen LogP contribution in [-0.4, -0.2) is 33.1 Å². The van der Waals surface area contributed by atoms with E-state index in [1.165, 1.54) is 0 Å². The van der Waals surface area contributed by atoms with E-state index in [9.17, 15) is 8.42 Å². The van der Waals surface area contributed by atoms with Crippen LogP contribution in [0.2, 0.25) is 0 Å². The molecular weight excluding hydrogens is 351 g/mol. The predicted octanol–water partition coefficient (Wildman–Crippen LogP) is 6.28. The van der Waals surface area contributed by atoms with Crippen molar-refractivity contribution < 1.29 is 12.4 Å². The van der Waals surface area contributed by atoms with Gasteiger partial charge < -0.3 is 0 Å². The zero-order valence-corrected chi connectivity index (χ0v) is 18.2. The second-order valence-electron chi connectivity index (χ2n) is 7.25. The SMILES string of the molecule is CCCCP(CC)(CCCC)(CCCC)OS(=O)(=O)c1ccccc1. The van der Waals surface area contributed by atoms with E-state index >= 15 is 0 Å². The van der Waals surface area contributed by atoms with Gasteiger partial charge in [-0.25, -0.2) is 0 Å². The fraction of sp³-hybridized carbons (Fsp3) is 0.700. The summed E-state index contributed by atoms with van der Waals surface area (Å²) in [5.41, 5.74) is 0. The van der Waals surface area contributed by atoms with Gasteiger partial charge in [0.15, 0.2) is 0 Å². The fourth-order valence-corrected chi connectivity index (χ4v) is 12.9. The average Bonchev–Trinajstić information content (AvgIpc) is 2.64. The Morgan fingerprint density at radius 1 is 0.800 bits per heavy atom. The van der Waals surface area contributed by atoms with Crippen molar-refractivity contribution in [2.45, 2.75) is 71.1 Å². The quantitative estimate of drug-likeness (QED) is 0.373. The first-order valence-corrected chi connectivity index (χ1v) is 14.2. The Hall–Kier alpha value is -0.440. The van der Waals surface area contributed by atoms with Gasteiger partial charge in [0.25, 0.3) is 0 Å². The van der Waals surface area contributed by atoms with Gasteiger partial charge in [0.1, 0.15) is 0 Å². The zero-order chi connectivity index (χ0) is 18.8. The molecule has 0 aliphatic rings. The second kappa shape index (κ2) is 10.0. The van der Waals surface area contributed by atoms with Crippen molar-refractivity contribution >= 4 is 16.9 Å². The van der Waals surface area contributed by atoms with E-state index in [4.69, 9.17) is 3.97 Å². The van der Waals surface area contributed by atoms with Gasteiger partial charge in [0, 0.05) is 0 Å². The minimum absolute atomic E-state index is 0.293. The molecule has 1 aromatic carbocycles. The third-order valence-electron chi connectivity index (χ3n) is 5.37. The van der Waals surface area contributed by atoms with Crippen LogP contribution in [0.5, 0.6) is 0 Å². The van der Waals surface area contributed by atoms with E-state index in [2.05, 4.69) is 27.7 Å². The molecule has 146 valence electrons. The molecule has 0 spiro atoms. The van der Waals surface area contributed by atoms with Crippen LogP contribution < -0.4 is 0 Å². The summed E-state index contributed by atoms with van der Waals surface area (Å²) in [5.74, 6) is 0. The summed E-state index contributed by atoms with van der Waals surface area (Å²) in [5, 5.41) is 0. The summed E-state index contributed by atoms with van der Waals surface area (Å²) in [4.78, 5) is 0.293. The molecule has 0 fully saturated rings. The standard InChI is InChI=1S/C20H37O3PS/c1-5-9-17-24(8-4,18-10-6-2,19-11-7-3)23-25(21,22)20-15-13-12-14-16-20/h12-16H,5-11,17-19H2,1-4H3. The Morgan fingerprint density at radius 3 is 1.60 bits per heavy atom. The molecule has 0 amide bonds. The van der Waals surface area contributed by atoms with Crippen LogP contribution >= 0.6 is 6.83 Å². The monoisotopic (exact) mass is 388 g/mol. The maximum atomic E-state index is 13.1. The minimum atomic E-state index is -3.72. The normalized spacial score (nSPS) is 14.2. The topological polar surface area (TPSA) is 43.4 Å². The molecule has 0 heterocycles. The van der Waals surface area contributed by atoms with Crippen molar-refractivity contribution in [2.75, 3.05) is 24.6 Å². The van der Waals surface area contributed by atoms with Crippen LogP contribution in [0.3, 0.4) is 0 Å². The molecule has 0 radical (unpaired) electrons. The number of hydrogen-bond donors (Lipinski definition) is 0. The van der Waals surface area contributed by atoms with Gasteiger partial charge in [0.2, 0.25) is 0 Å². The number of unbranched alkanes of at least 4 members (excludes halogenated alkanes) is 3. The van der Waals surface area contributed by atoms with E-state index in [1.54, 1.807) is 24.3 Å². The summed E-state index contributed by atoms with van der Waals surface area (Å²) < 4.78 is 32.6. The Morgan fingerprint density at radius 2 is 1.24 bits per heavy atom. The first-order chi connectivity index (χ1) is 11.9. The van der Waals surface area contributed by atoms with Crippen molar-refractivity contribution in [3.05, 3.63) is 30.3 Å². The van der Waals surface area contributed by atoms with E-state index in [0.717, 1.165) is 63.2 Å². The zero-order valence-electron chi connectivity index (χ0n) is 16.5. The number of rotatable bonds is 13. The first-order valence-electron chi connectivity index (χ1n) is 9.89. The second-order valence-corrected chi connectivity index (χ2v) is 14.9. The first kappa shape index (κ1) is 22.6. The number of hydrogen-bond acceptors (Lipinski definition) is 3. The van der Waals surface area contributed by atoms with Crippen molar-refractivity contribution in [1.82, 2.24) is 0 Å². The van der Waals surface area contributed by atoms with E-state index in [-0.39, 0.29) is 0 Å². The molecule has 5 heteroatoms. The van der Waals surface area contributed by atoms with Crippen LogP contribution in [0, 0.1) is 0 Å². The molecule has 0 aromatic heterocycles. The Kier molecular flexibility index (Phi) is 9.08. The molecule has 0 saturated heterocycles. The van der Waals surface area contributed by atoms with E-state index < -0.39 is 16.9 Å². The van der Waals surface area contributed by atoms with Gasteiger partial charge in [-0.3, -0.25) is 0 Å². The van der Waals surface area contributed by atoms with Gasteiger partial charge in [-0.05, 0) is 0 Å². The van der Waals surface area contributed by atoms with Crippen LogP contribution in [0.15, 0.2) is 35.2 Å². The fourth-order valence-electron chi connectivity index (χ4n) is 3.56. The molecule has 0 aliphatic heterocycles. The van der Waals surface area contributed by atoms with Crippen LogP contribution in [0.1, 0.15) is 66.2 Å². The summed E-state index contributed by atoms with van der Waals surface area (Å²) >= 11 is 0. The van der Waals surface area contributed by atoms with Crippen molar-refractivity contribution in [1.29, 1.82) is 0 Å². The van der Waals surface area contributed by atoms with Gasteiger partial charge in [-0.15, -0.1) is 0 Å². The average molecular weight is 389 g/mol. The third kappa shape index (κ3) is 6.05. The Labute approximate surface area is 155 Å². The molecule has 25 heavy (non-hydrogen) atoms. The van der Waals surface area contributed by atoms with Gasteiger partial charge in [-0.2, -0.15) is 0 Å². The van der Waals surface area contributed by atoms with Crippen molar-refractivity contribution in [3.63, 3.8) is 0 Å². The Bertz CT molecular complexity index is 574.